The smallest absolute Gasteiger partial charge is 0.407 e. The van der Waals surface area contributed by atoms with Crippen LogP contribution in [0.15, 0.2) is 60.7 Å². The van der Waals surface area contributed by atoms with Gasteiger partial charge in [0.15, 0.2) is 0 Å². The van der Waals surface area contributed by atoms with Gasteiger partial charge in [-0.1, -0.05) is 39.8 Å². The number of fused-ring (bicyclic) bond motifs is 2. The maximum atomic E-state index is 13.8. The second-order valence-corrected chi connectivity index (χ2v) is 17.3. The number of carbonyl (C=O) groups is 3. The summed E-state index contributed by atoms with van der Waals surface area (Å²) in [6, 6.07) is 20.5. The van der Waals surface area contributed by atoms with Crippen LogP contribution in [0.4, 0.5) is 10.5 Å². The molecule has 14 heteroatoms. The lowest BCUT2D eigenvalue weighted by molar-refractivity contribution is -0.135. The lowest BCUT2D eigenvalue weighted by Crippen LogP contribution is -2.51. The fraction of sp³-hybridized carbons (Fsp3) is 0.489. The van der Waals surface area contributed by atoms with Crippen molar-refractivity contribution in [3.63, 3.8) is 0 Å². The minimum absolute atomic E-state index is 0.0521. The van der Waals surface area contributed by atoms with E-state index in [2.05, 4.69) is 68.7 Å². The second-order valence-electron chi connectivity index (χ2n) is 17.3. The molecule has 0 bridgehead atoms. The summed E-state index contributed by atoms with van der Waals surface area (Å²) in [4.78, 5) is 62.7. The van der Waals surface area contributed by atoms with E-state index in [1.165, 1.54) is 12.7 Å². The van der Waals surface area contributed by atoms with Crippen LogP contribution in [0.25, 0.3) is 22.1 Å². The molecule has 14 nitrogen and oxygen atoms in total. The number of aromatic nitrogens is 4. The Bertz CT molecular complexity index is 2340. The molecule has 0 aliphatic carbocycles. The second kappa shape index (κ2) is 18.2. The van der Waals surface area contributed by atoms with Crippen LogP contribution in [-0.2, 0) is 19.1 Å². The average molecular weight is 832 g/mol. The van der Waals surface area contributed by atoms with Gasteiger partial charge in [-0.15, -0.1) is 0 Å². The zero-order chi connectivity index (χ0) is 42.8. The van der Waals surface area contributed by atoms with E-state index < -0.39 is 12.1 Å². The number of carbonyl (C=O) groups excluding carboxylic acids is 3. The maximum Gasteiger partial charge on any atom is 0.407 e. The number of likely N-dealkylation sites (tertiary alicyclic amines) is 2. The van der Waals surface area contributed by atoms with Gasteiger partial charge in [0.1, 0.15) is 30.0 Å². The lowest BCUT2D eigenvalue weighted by atomic mass is 10.0. The Hall–Kier alpha value is -5.63. The van der Waals surface area contributed by atoms with Gasteiger partial charge in [0.05, 0.1) is 66.4 Å². The highest BCUT2D eigenvalue weighted by Gasteiger charge is 2.39. The summed E-state index contributed by atoms with van der Waals surface area (Å²) in [5, 5.41) is 2.74. The molecule has 3 saturated heterocycles. The van der Waals surface area contributed by atoms with Gasteiger partial charge in [0, 0.05) is 25.9 Å². The van der Waals surface area contributed by atoms with E-state index in [0.717, 1.165) is 95.8 Å². The Morgan fingerprint density at radius 3 is 1.87 bits per heavy atom. The zero-order valence-electron chi connectivity index (χ0n) is 36.1. The highest BCUT2D eigenvalue weighted by molar-refractivity contribution is 5.87. The molecule has 8 rings (SSSR count). The molecular weight excluding hydrogens is 773 g/mol. The molecule has 5 aromatic rings. The Morgan fingerprint density at radius 1 is 0.754 bits per heavy atom. The van der Waals surface area contributed by atoms with E-state index in [9.17, 15) is 14.4 Å². The Kier molecular flexibility index (Phi) is 12.5. The Labute approximate surface area is 357 Å². The van der Waals surface area contributed by atoms with Crippen molar-refractivity contribution in [1.82, 2.24) is 35.1 Å². The summed E-state index contributed by atoms with van der Waals surface area (Å²) in [5.41, 5.74) is 7.04. The Balaban J connectivity index is 1.08. The number of alkyl carbamates (subject to hydrolysis) is 1. The number of anilines is 1. The van der Waals surface area contributed by atoms with Crippen LogP contribution in [0.1, 0.15) is 113 Å². The topological polar surface area (TPSA) is 158 Å². The van der Waals surface area contributed by atoms with E-state index in [0.29, 0.717) is 19.8 Å². The Morgan fingerprint density at radius 2 is 1.33 bits per heavy atom. The van der Waals surface area contributed by atoms with Gasteiger partial charge in [-0.3, -0.25) is 9.59 Å². The molecule has 5 heterocycles. The van der Waals surface area contributed by atoms with Crippen molar-refractivity contribution < 1.29 is 28.6 Å². The van der Waals surface area contributed by atoms with Gasteiger partial charge in [-0.2, -0.15) is 0 Å². The van der Waals surface area contributed by atoms with Crippen LogP contribution in [-0.4, -0.2) is 94.2 Å². The van der Waals surface area contributed by atoms with Crippen molar-refractivity contribution in [3.8, 4) is 5.75 Å². The summed E-state index contributed by atoms with van der Waals surface area (Å²) in [5.74, 6) is 2.39. The molecule has 1 radical (unpaired) electrons. The summed E-state index contributed by atoms with van der Waals surface area (Å²) in [7, 11) is 2.97. The number of methoxy groups -OCH3 is 2. The van der Waals surface area contributed by atoms with Crippen LogP contribution in [0.5, 0.6) is 5.75 Å². The summed E-state index contributed by atoms with van der Waals surface area (Å²) >= 11 is 0. The van der Waals surface area contributed by atoms with Crippen molar-refractivity contribution in [2.75, 3.05) is 45.4 Å². The molecule has 3 aliphatic heterocycles. The first-order chi connectivity index (χ1) is 29.5. The zero-order valence-corrected chi connectivity index (χ0v) is 36.1. The van der Waals surface area contributed by atoms with E-state index in [-0.39, 0.29) is 47.8 Å². The van der Waals surface area contributed by atoms with Crippen molar-refractivity contribution in [2.45, 2.75) is 96.4 Å². The van der Waals surface area contributed by atoms with E-state index >= 15 is 0 Å². The van der Waals surface area contributed by atoms with Crippen LogP contribution in [0, 0.1) is 18.3 Å². The molecule has 323 valence electrons. The molecule has 3 N–H and O–H groups in total. The largest absolute Gasteiger partial charge is 0.491 e. The number of amides is 3. The van der Waals surface area contributed by atoms with Crippen LogP contribution in [0.2, 0.25) is 0 Å². The minimum Gasteiger partial charge on any atom is -0.491 e. The van der Waals surface area contributed by atoms with Gasteiger partial charge in [-0.05, 0) is 110 Å². The van der Waals surface area contributed by atoms with Gasteiger partial charge in [0.25, 0.3) is 0 Å². The third-order valence-electron chi connectivity index (χ3n) is 12.5. The standard InChI is InChI=1S/C47H59N8O6/c1-28(2)25-42(56)53-21-7-9-40(53)44-48-34-17-11-30(26-36(34)50-44)38-19-20-39(55(38)32-13-15-33(16-14-32)61-24-23-59-5)31-12-18-35-37(27-31)51-45(49-35)41-10-8-22-54(41)46(57)43(29(3)4)52-47(58)60-6/h11-18,25-29,38-41,43H,7-10,19-24H2,1-6H3,(H,48,50)(H,49,51)(H,52,58)/t38-,39-,40+,41+,43+/m1/s1. The van der Waals surface area contributed by atoms with Gasteiger partial charge >= 0.3 is 6.09 Å². The van der Waals surface area contributed by atoms with E-state index in [1.54, 1.807) is 13.5 Å². The molecule has 3 aromatic carbocycles. The van der Waals surface area contributed by atoms with Crippen LogP contribution < -0.4 is 15.0 Å². The number of hydrogen-bond acceptors (Lipinski definition) is 9. The normalized spacial score (nSPS) is 21.0. The molecule has 3 aliphatic rings. The van der Waals surface area contributed by atoms with Crippen molar-refractivity contribution >= 4 is 45.7 Å². The number of rotatable bonds is 14. The van der Waals surface area contributed by atoms with E-state index in [1.807, 2.05) is 49.6 Å². The monoisotopic (exact) mass is 831 g/mol. The fourth-order valence-electron chi connectivity index (χ4n) is 9.49. The number of benzene rings is 3. The molecule has 3 amide bonds. The molecule has 61 heavy (non-hydrogen) atoms. The average Bonchev–Trinajstić information content (AvgIpc) is 4.10. The maximum absolute atomic E-state index is 13.8. The first-order valence-electron chi connectivity index (χ1n) is 21.8. The van der Waals surface area contributed by atoms with Crippen molar-refractivity contribution in [2.24, 2.45) is 11.8 Å². The molecule has 0 saturated carbocycles. The number of hydrogen-bond donors (Lipinski definition) is 3. The first-order valence-corrected chi connectivity index (χ1v) is 21.8. The van der Waals surface area contributed by atoms with Crippen molar-refractivity contribution in [1.29, 1.82) is 0 Å². The molecule has 2 aromatic heterocycles. The summed E-state index contributed by atoms with van der Waals surface area (Å²) < 4.78 is 16.0. The molecule has 5 atom stereocenters. The minimum atomic E-state index is -0.700. The van der Waals surface area contributed by atoms with E-state index in [4.69, 9.17) is 24.2 Å². The molecule has 0 spiro atoms. The fourth-order valence-corrected chi connectivity index (χ4v) is 9.49. The third kappa shape index (κ3) is 8.77. The molecule has 0 unspecified atom stereocenters. The number of ether oxygens (including phenoxy) is 3. The summed E-state index contributed by atoms with van der Waals surface area (Å²) in [6.07, 6.45) is 6.49. The van der Waals surface area contributed by atoms with Gasteiger partial charge in [0.2, 0.25) is 11.8 Å². The molecule has 3 fully saturated rings. The highest BCUT2D eigenvalue weighted by atomic mass is 16.5. The molecular formula is C47H59N8O6. The van der Waals surface area contributed by atoms with Crippen LogP contribution >= 0.6 is 0 Å². The number of imidazole rings is 2. The number of aromatic amines is 2. The highest BCUT2D eigenvalue weighted by Crippen LogP contribution is 2.48. The first kappa shape index (κ1) is 42.1. The van der Waals surface area contributed by atoms with Crippen LogP contribution in [0.3, 0.4) is 0 Å². The van der Waals surface area contributed by atoms with Gasteiger partial charge < -0.3 is 44.2 Å². The predicted molar refractivity (Wildman–Crippen MR) is 234 cm³/mol. The van der Waals surface area contributed by atoms with Crippen molar-refractivity contribution in [3.05, 3.63) is 89.9 Å². The lowest BCUT2D eigenvalue weighted by Gasteiger charge is -2.33. The SMILES string of the molecule is COCCOc1ccc(N2[C@@H](c3ccc4[nH]c([C@@H]5CCCN5C(=O)[CH]C(C)C)nc4c3)CC[C@@H]2c2ccc3[nH]c([C@@H]4CCCN4C(=O)[C@@H](NC(=O)OC)C(C)C)nc3c2)cc1. The van der Waals surface area contributed by atoms with Gasteiger partial charge in [-0.25, -0.2) is 14.8 Å². The summed E-state index contributed by atoms with van der Waals surface area (Å²) in [6.45, 7) is 10.2. The quantitative estimate of drug-likeness (QED) is 0.0941. The number of nitrogens with one attached hydrogen (secondary N) is 3. The third-order valence-corrected chi connectivity index (χ3v) is 12.5. The predicted octanol–water partition coefficient (Wildman–Crippen LogP) is 8.12. The number of nitrogens with zero attached hydrogens (tertiary/aromatic N) is 5. The number of H-pyrrole nitrogens is 2.